The molecule has 108 valence electrons. The molecular weight excluding hydrogens is 320 g/mol. The van der Waals surface area contributed by atoms with Gasteiger partial charge in [0.2, 0.25) is 0 Å². The Bertz CT molecular complexity index is 549. The number of rotatable bonds is 6. The lowest BCUT2D eigenvalue weighted by Crippen LogP contribution is -2.31. The van der Waals surface area contributed by atoms with Gasteiger partial charge < -0.3 is 4.74 Å². The normalized spacial score (nSPS) is 12.4. The molecule has 0 aliphatic rings. The molecule has 1 aromatic heterocycles. The largest absolute Gasteiger partial charge is 0.493 e. The summed E-state index contributed by atoms with van der Waals surface area (Å²) in [7, 11) is 1.65. The summed E-state index contributed by atoms with van der Waals surface area (Å²) in [6.45, 7) is 2.82. The minimum atomic E-state index is -0.0540. The van der Waals surface area contributed by atoms with E-state index in [1.165, 1.54) is 5.56 Å². The van der Waals surface area contributed by atoms with Gasteiger partial charge in [-0.3, -0.25) is 16.0 Å². The highest BCUT2D eigenvalue weighted by Gasteiger charge is 2.21. The Morgan fingerprint density at radius 2 is 2.30 bits per heavy atom. The van der Waals surface area contributed by atoms with Crippen molar-refractivity contribution in [3.63, 3.8) is 0 Å². The molecule has 5 nitrogen and oxygen atoms in total. The van der Waals surface area contributed by atoms with Crippen molar-refractivity contribution in [1.29, 1.82) is 0 Å². The van der Waals surface area contributed by atoms with E-state index in [4.69, 9.17) is 10.6 Å². The van der Waals surface area contributed by atoms with Gasteiger partial charge in [-0.25, -0.2) is 0 Å². The summed E-state index contributed by atoms with van der Waals surface area (Å²) in [5.74, 6) is 6.49. The Morgan fingerprint density at radius 3 is 2.90 bits per heavy atom. The van der Waals surface area contributed by atoms with Gasteiger partial charge in [-0.05, 0) is 31.0 Å². The lowest BCUT2D eigenvalue weighted by Gasteiger charge is -2.18. The molecule has 0 saturated heterocycles. The van der Waals surface area contributed by atoms with E-state index in [0.29, 0.717) is 0 Å². The fourth-order valence-corrected chi connectivity index (χ4v) is 2.72. The zero-order valence-electron chi connectivity index (χ0n) is 11.6. The average Bonchev–Trinajstić information content (AvgIpc) is 2.87. The van der Waals surface area contributed by atoms with E-state index in [9.17, 15) is 0 Å². The second-order valence-corrected chi connectivity index (χ2v) is 5.38. The number of ether oxygens (including phenoxy) is 1. The highest BCUT2D eigenvalue weighted by molar-refractivity contribution is 9.10. The number of hydrazine groups is 1. The summed E-state index contributed by atoms with van der Waals surface area (Å²) in [6, 6.07) is 8.13. The lowest BCUT2D eigenvalue weighted by molar-refractivity contribution is 0.391. The van der Waals surface area contributed by atoms with Gasteiger partial charge >= 0.3 is 0 Å². The summed E-state index contributed by atoms with van der Waals surface area (Å²) < 4.78 is 8.35. The monoisotopic (exact) mass is 338 g/mol. The number of nitrogens with zero attached hydrogens (tertiary/aromatic N) is 2. The molecule has 3 N–H and O–H groups in total. The molecule has 0 spiro atoms. The van der Waals surface area contributed by atoms with Crippen molar-refractivity contribution in [1.82, 2.24) is 15.2 Å². The van der Waals surface area contributed by atoms with Crippen LogP contribution in [-0.4, -0.2) is 16.9 Å². The van der Waals surface area contributed by atoms with Crippen molar-refractivity contribution in [3.05, 3.63) is 46.2 Å². The van der Waals surface area contributed by atoms with Crippen molar-refractivity contribution in [2.45, 2.75) is 25.9 Å². The van der Waals surface area contributed by atoms with Gasteiger partial charge in [0.25, 0.3) is 0 Å². The van der Waals surface area contributed by atoms with Crippen LogP contribution in [0, 0.1) is 0 Å². The van der Waals surface area contributed by atoms with E-state index < -0.39 is 0 Å². The third-order valence-corrected chi connectivity index (χ3v) is 3.72. The van der Waals surface area contributed by atoms with E-state index in [0.717, 1.165) is 28.9 Å². The van der Waals surface area contributed by atoms with Crippen LogP contribution in [0.2, 0.25) is 0 Å². The Hall–Kier alpha value is -1.37. The molecule has 2 rings (SSSR count). The molecule has 0 aliphatic carbocycles. The van der Waals surface area contributed by atoms with Crippen LogP contribution in [0.5, 0.6) is 5.75 Å². The van der Waals surface area contributed by atoms with E-state index in [1.54, 1.807) is 13.3 Å². The van der Waals surface area contributed by atoms with Crippen LogP contribution >= 0.6 is 15.9 Å². The average molecular weight is 339 g/mol. The molecule has 1 aromatic carbocycles. The first-order valence-electron chi connectivity index (χ1n) is 6.49. The molecule has 0 aliphatic heterocycles. The Labute approximate surface area is 127 Å². The van der Waals surface area contributed by atoms with Gasteiger partial charge in [0.15, 0.2) is 5.75 Å². The van der Waals surface area contributed by atoms with Gasteiger partial charge in [-0.1, -0.05) is 28.1 Å². The first-order valence-corrected chi connectivity index (χ1v) is 7.29. The predicted octanol–water partition coefficient (Wildman–Crippen LogP) is 2.42. The number of benzene rings is 1. The van der Waals surface area contributed by atoms with E-state index in [-0.39, 0.29) is 6.04 Å². The number of aryl methyl sites for hydroxylation is 1. The van der Waals surface area contributed by atoms with Crippen LogP contribution in [-0.2, 0) is 13.0 Å². The molecule has 6 heteroatoms. The quantitative estimate of drug-likeness (QED) is 0.627. The maximum Gasteiger partial charge on any atom is 0.161 e. The number of methoxy groups -OCH3 is 1. The van der Waals surface area contributed by atoms with Crippen molar-refractivity contribution in [2.24, 2.45) is 5.84 Å². The smallest absolute Gasteiger partial charge is 0.161 e. The third kappa shape index (κ3) is 3.20. The SMILES string of the molecule is CCn1ncc(OC)c1C(Cc1cccc(Br)c1)NN. The summed E-state index contributed by atoms with van der Waals surface area (Å²) in [4.78, 5) is 0. The van der Waals surface area contributed by atoms with Crippen molar-refractivity contribution < 1.29 is 4.74 Å². The van der Waals surface area contributed by atoms with Gasteiger partial charge in [0.1, 0.15) is 0 Å². The van der Waals surface area contributed by atoms with Gasteiger partial charge in [0.05, 0.1) is 25.0 Å². The van der Waals surface area contributed by atoms with Crippen LogP contribution < -0.4 is 16.0 Å². The molecule has 20 heavy (non-hydrogen) atoms. The zero-order valence-corrected chi connectivity index (χ0v) is 13.2. The van der Waals surface area contributed by atoms with E-state index in [2.05, 4.69) is 38.6 Å². The number of nitrogens with two attached hydrogens (primary N) is 1. The van der Waals surface area contributed by atoms with Gasteiger partial charge in [-0.2, -0.15) is 5.10 Å². The van der Waals surface area contributed by atoms with Crippen molar-refractivity contribution in [3.8, 4) is 5.75 Å². The van der Waals surface area contributed by atoms with E-state index in [1.807, 2.05) is 23.7 Å². The molecule has 1 unspecified atom stereocenters. The zero-order chi connectivity index (χ0) is 14.5. The highest BCUT2D eigenvalue weighted by Crippen LogP contribution is 2.27. The van der Waals surface area contributed by atoms with Gasteiger partial charge in [-0.15, -0.1) is 0 Å². The standard InChI is InChI=1S/C14H19BrN4O/c1-3-19-14(13(20-2)9-17-19)12(18-16)8-10-5-4-6-11(15)7-10/h4-7,9,12,18H,3,8,16H2,1-2H3. The summed E-state index contributed by atoms with van der Waals surface area (Å²) in [5, 5.41) is 4.32. The van der Waals surface area contributed by atoms with E-state index >= 15 is 0 Å². The number of halogens is 1. The van der Waals surface area contributed by atoms with Crippen LogP contribution in [0.4, 0.5) is 0 Å². The molecule has 1 atom stereocenters. The minimum Gasteiger partial charge on any atom is -0.493 e. The molecule has 0 saturated carbocycles. The molecule has 0 radical (unpaired) electrons. The number of hydrogen-bond acceptors (Lipinski definition) is 4. The summed E-state index contributed by atoms with van der Waals surface area (Å²) in [6.07, 6.45) is 2.49. The molecule has 2 aromatic rings. The van der Waals surface area contributed by atoms with Gasteiger partial charge in [0, 0.05) is 11.0 Å². The molecule has 1 heterocycles. The maximum atomic E-state index is 5.74. The first kappa shape index (κ1) is 15.0. The first-order chi connectivity index (χ1) is 9.69. The van der Waals surface area contributed by atoms with Crippen LogP contribution in [0.1, 0.15) is 24.2 Å². The highest BCUT2D eigenvalue weighted by atomic mass is 79.9. The Kier molecular flexibility index (Phi) is 5.17. The molecule has 0 fully saturated rings. The Balaban J connectivity index is 2.30. The van der Waals surface area contributed by atoms with Crippen molar-refractivity contribution in [2.75, 3.05) is 7.11 Å². The predicted molar refractivity (Wildman–Crippen MR) is 82.4 cm³/mol. The lowest BCUT2D eigenvalue weighted by atomic mass is 10.0. The second-order valence-electron chi connectivity index (χ2n) is 4.47. The second kappa shape index (κ2) is 6.88. The fourth-order valence-electron chi connectivity index (χ4n) is 2.27. The minimum absolute atomic E-state index is 0.0540. The Morgan fingerprint density at radius 1 is 1.50 bits per heavy atom. The molecule has 0 amide bonds. The molecule has 0 bridgehead atoms. The summed E-state index contributed by atoms with van der Waals surface area (Å²) in [5.41, 5.74) is 5.02. The van der Waals surface area contributed by atoms with Crippen LogP contribution in [0.25, 0.3) is 0 Å². The third-order valence-electron chi connectivity index (χ3n) is 3.22. The van der Waals surface area contributed by atoms with Crippen LogP contribution in [0.15, 0.2) is 34.9 Å². The number of hydrogen-bond donors (Lipinski definition) is 2. The number of aromatic nitrogens is 2. The molecular formula is C14H19BrN4O. The fraction of sp³-hybridized carbons (Fsp3) is 0.357. The maximum absolute atomic E-state index is 5.74. The van der Waals surface area contributed by atoms with Crippen LogP contribution in [0.3, 0.4) is 0 Å². The topological polar surface area (TPSA) is 65.1 Å². The van der Waals surface area contributed by atoms with Crippen molar-refractivity contribution >= 4 is 15.9 Å². The number of nitrogens with one attached hydrogen (secondary N) is 1. The summed E-state index contributed by atoms with van der Waals surface area (Å²) >= 11 is 3.49.